The molecule has 1 aliphatic heterocycles. The zero-order chi connectivity index (χ0) is 12.5. The lowest BCUT2D eigenvalue weighted by Gasteiger charge is -2.13. The van der Waals surface area contributed by atoms with Crippen LogP contribution in [0.4, 0.5) is 11.4 Å². The van der Waals surface area contributed by atoms with Crippen molar-refractivity contribution in [2.24, 2.45) is 0 Å². The predicted molar refractivity (Wildman–Crippen MR) is 69.5 cm³/mol. The lowest BCUT2D eigenvalue weighted by Crippen LogP contribution is -2.19. The summed E-state index contributed by atoms with van der Waals surface area (Å²) in [5.41, 5.74) is 2.47. The largest absolute Gasteiger partial charge is 0.508 e. The average Bonchev–Trinajstić information content (AvgIpc) is 2.66. The second kappa shape index (κ2) is 4.07. The lowest BCUT2D eigenvalue weighted by atomic mass is 10.1. The Balaban J connectivity index is 1.91. The van der Waals surface area contributed by atoms with Gasteiger partial charge in [0, 0.05) is 23.0 Å². The van der Waals surface area contributed by atoms with Gasteiger partial charge in [0.1, 0.15) is 11.8 Å². The van der Waals surface area contributed by atoms with Crippen molar-refractivity contribution in [1.29, 1.82) is 0 Å². The van der Waals surface area contributed by atoms with Crippen LogP contribution >= 0.6 is 0 Å². The third-order valence-corrected chi connectivity index (χ3v) is 2.95. The second-order valence-electron chi connectivity index (χ2n) is 4.20. The normalized spacial score (nSPS) is 17.1. The van der Waals surface area contributed by atoms with Crippen LogP contribution in [0, 0.1) is 0 Å². The molecule has 2 aromatic rings. The maximum atomic E-state index is 11.9. The van der Waals surface area contributed by atoms with E-state index in [0.29, 0.717) is 5.69 Å². The maximum absolute atomic E-state index is 11.9. The van der Waals surface area contributed by atoms with Gasteiger partial charge in [-0.3, -0.25) is 4.79 Å². The van der Waals surface area contributed by atoms with Gasteiger partial charge in [-0.1, -0.05) is 24.3 Å². The summed E-state index contributed by atoms with van der Waals surface area (Å²) in [6.07, 6.45) is 0. The van der Waals surface area contributed by atoms with E-state index in [1.807, 2.05) is 30.3 Å². The number of nitrogens with one attached hydrogen (secondary N) is 2. The summed E-state index contributed by atoms with van der Waals surface area (Å²) in [5.74, 6) is 0.0891. The van der Waals surface area contributed by atoms with Crippen molar-refractivity contribution in [3.8, 4) is 5.75 Å². The van der Waals surface area contributed by atoms with Crippen LogP contribution < -0.4 is 10.6 Å². The number of amides is 1. The van der Waals surface area contributed by atoms with Crippen molar-refractivity contribution >= 4 is 17.3 Å². The fourth-order valence-electron chi connectivity index (χ4n) is 2.11. The van der Waals surface area contributed by atoms with E-state index in [-0.39, 0.29) is 11.7 Å². The fraction of sp³-hybridized carbons (Fsp3) is 0.0714. The van der Waals surface area contributed by atoms with Gasteiger partial charge in [-0.05, 0) is 18.2 Å². The van der Waals surface area contributed by atoms with E-state index < -0.39 is 6.04 Å². The first-order chi connectivity index (χ1) is 8.74. The number of para-hydroxylation sites is 1. The summed E-state index contributed by atoms with van der Waals surface area (Å²) in [4.78, 5) is 11.9. The number of carbonyl (C=O) groups excluding carboxylic acids is 1. The molecule has 1 atom stereocenters. The van der Waals surface area contributed by atoms with Gasteiger partial charge >= 0.3 is 0 Å². The van der Waals surface area contributed by atoms with Gasteiger partial charge < -0.3 is 15.7 Å². The van der Waals surface area contributed by atoms with Crippen LogP contribution in [0.5, 0.6) is 5.75 Å². The standard InChI is InChI=1S/C14H12N2O2/c17-10-5-3-4-9(8-10)15-13-11-6-1-2-7-12(11)16-14(13)18/h1-8,13,15,17H,(H,16,18). The molecule has 3 N–H and O–H groups in total. The molecule has 1 amide bonds. The monoisotopic (exact) mass is 240 g/mol. The summed E-state index contributed by atoms with van der Waals surface area (Å²) in [6.45, 7) is 0. The Morgan fingerprint density at radius 1 is 1.11 bits per heavy atom. The molecule has 2 aromatic carbocycles. The Hall–Kier alpha value is -2.49. The highest BCUT2D eigenvalue weighted by Gasteiger charge is 2.29. The van der Waals surface area contributed by atoms with Crippen molar-refractivity contribution in [2.75, 3.05) is 10.6 Å². The fourth-order valence-corrected chi connectivity index (χ4v) is 2.11. The van der Waals surface area contributed by atoms with E-state index in [4.69, 9.17) is 0 Å². The molecule has 0 aliphatic carbocycles. The third-order valence-electron chi connectivity index (χ3n) is 2.95. The summed E-state index contributed by atoms with van der Waals surface area (Å²) in [5, 5.41) is 15.3. The van der Waals surface area contributed by atoms with E-state index in [9.17, 15) is 9.90 Å². The second-order valence-corrected chi connectivity index (χ2v) is 4.20. The van der Waals surface area contributed by atoms with Crippen molar-refractivity contribution in [1.82, 2.24) is 0 Å². The molecular formula is C14H12N2O2. The number of phenolic OH excluding ortho intramolecular Hbond substituents is 1. The Morgan fingerprint density at radius 2 is 1.94 bits per heavy atom. The van der Waals surface area contributed by atoms with Crippen LogP contribution in [0.25, 0.3) is 0 Å². The molecule has 0 radical (unpaired) electrons. The van der Waals surface area contributed by atoms with Gasteiger partial charge in [0.15, 0.2) is 0 Å². The number of fused-ring (bicyclic) bond motifs is 1. The molecular weight excluding hydrogens is 228 g/mol. The molecule has 90 valence electrons. The third kappa shape index (κ3) is 1.78. The summed E-state index contributed by atoms with van der Waals surface area (Å²) in [7, 11) is 0. The molecule has 4 nitrogen and oxygen atoms in total. The summed E-state index contributed by atoms with van der Waals surface area (Å²) < 4.78 is 0. The number of phenols is 1. The van der Waals surface area contributed by atoms with Crippen LogP contribution in [-0.4, -0.2) is 11.0 Å². The van der Waals surface area contributed by atoms with E-state index >= 15 is 0 Å². The Kier molecular flexibility index (Phi) is 2.41. The number of carbonyl (C=O) groups is 1. The summed E-state index contributed by atoms with van der Waals surface area (Å²) in [6, 6.07) is 13.9. The first-order valence-electron chi connectivity index (χ1n) is 5.69. The quantitative estimate of drug-likeness (QED) is 0.755. The zero-order valence-corrected chi connectivity index (χ0v) is 9.55. The average molecular weight is 240 g/mol. The first kappa shape index (κ1) is 10.7. The minimum absolute atomic E-state index is 0.0838. The molecule has 0 fully saturated rings. The molecule has 0 spiro atoms. The molecule has 18 heavy (non-hydrogen) atoms. The van der Waals surface area contributed by atoms with Crippen LogP contribution in [-0.2, 0) is 4.79 Å². The Bertz CT molecular complexity index is 610. The molecule has 0 aromatic heterocycles. The maximum Gasteiger partial charge on any atom is 0.251 e. The van der Waals surface area contributed by atoms with Crippen molar-refractivity contribution in [3.05, 3.63) is 54.1 Å². The highest BCUT2D eigenvalue weighted by molar-refractivity contribution is 6.04. The van der Waals surface area contributed by atoms with E-state index in [1.165, 1.54) is 0 Å². The number of hydrogen-bond donors (Lipinski definition) is 3. The van der Waals surface area contributed by atoms with Gasteiger partial charge in [0.05, 0.1) is 0 Å². The molecule has 1 aliphatic rings. The smallest absolute Gasteiger partial charge is 0.251 e. The first-order valence-corrected chi connectivity index (χ1v) is 5.69. The molecule has 0 bridgehead atoms. The number of anilines is 2. The SMILES string of the molecule is O=C1Nc2ccccc2C1Nc1cccc(O)c1. The van der Waals surface area contributed by atoms with Crippen LogP contribution in [0.2, 0.25) is 0 Å². The molecule has 4 heteroatoms. The van der Waals surface area contributed by atoms with Gasteiger partial charge in [-0.15, -0.1) is 0 Å². The van der Waals surface area contributed by atoms with Gasteiger partial charge in [-0.25, -0.2) is 0 Å². The zero-order valence-electron chi connectivity index (χ0n) is 9.55. The topological polar surface area (TPSA) is 61.4 Å². The molecule has 1 unspecified atom stereocenters. The highest BCUT2D eigenvalue weighted by Crippen LogP contribution is 2.33. The molecule has 0 saturated carbocycles. The van der Waals surface area contributed by atoms with Crippen molar-refractivity contribution in [3.63, 3.8) is 0 Å². The van der Waals surface area contributed by atoms with E-state index in [2.05, 4.69) is 10.6 Å². The number of benzene rings is 2. The van der Waals surface area contributed by atoms with Crippen molar-refractivity contribution in [2.45, 2.75) is 6.04 Å². The number of rotatable bonds is 2. The molecule has 1 heterocycles. The molecule has 0 saturated heterocycles. The van der Waals surface area contributed by atoms with E-state index in [1.54, 1.807) is 18.2 Å². The summed E-state index contributed by atoms with van der Waals surface area (Å²) >= 11 is 0. The Morgan fingerprint density at radius 3 is 2.78 bits per heavy atom. The van der Waals surface area contributed by atoms with Gasteiger partial charge in [0.25, 0.3) is 5.91 Å². The Labute approximate surface area is 104 Å². The number of aromatic hydroxyl groups is 1. The number of hydrogen-bond acceptors (Lipinski definition) is 3. The minimum Gasteiger partial charge on any atom is -0.508 e. The molecule has 3 rings (SSSR count). The van der Waals surface area contributed by atoms with Crippen LogP contribution in [0.15, 0.2) is 48.5 Å². The van der Waals surface area contributed by atoms with Crippen LogP contribution in [0.1, 0.15) is 11.6 Å². The minimum atomic E-state index is -0.414. The van der Waals surface area contributed by atoms with Crippen molar-refractivity contribution < 1.29 is 9.90 Å². The predicted octanol–water partition coefficient (Wildman–Crippen LogP) is 2.50. The highest BCUT2D eigenvalue weighted by atomic mass is 16.3. The van der Waals surface area contributed by atoms with Gasteiger partial charge in [-0.2, -0.15) is 0 Å². The van der Waals surface area contributed by atoms with Gasteiger partial charge in [0.2, 0.25) is 0 Å². The van der Waals surface area contributed by atoms with E-state index in [0.717, 1.165) is 11.3 Å². The van der Waals surface area contributed by atoms with Crippen LogP contribution in [0.3, 0.4) is 0 Å². The lowest BCUT2D eigenvalue weighted by molar-refractivity contribution is -0.116.